The molecule has 0 aliphatic carbocycles. The first-order valence-corrected chi connectivity index (χ1v) is 11.0. The van der Waals surface area contributed by atoms with Gasteiger partial charge in [-0.1, -0.05) is 30.3 Å². The Bertz CT molecular complexity index is 800. The van der Waals surface area contributed by atoms with Gasteiger partial charge in [0.25, 0.3) is 5.91 Å². The molecule has 0 unspecified atom stereocenters. The molecule has 2 aliphatic heterocycles. The SMILES string of the molecule is O=C(NCCN1CCN(c2ccccc2)CC1)c1cccc(CN2CCOCC2)c1. The van der Waals surface area contributed by atoms with Gasteiger partial charge in [-0.15, -0.1) is 0 Å². The fourth-order valence-electron chi connectivity index (χ4n) is 4.13. The van der Waals surface area contributed by atoms with Crippen molar-refractivity contribution in [3.8, 4) is 0 Å². The summed E-state index contributed by atoms with van der Waals surface area (Å²) in [5.41, 5.74) is 3.22. The van der Waals surface area contributed by atoms with Gasteiger partial charge < -0.3 is 15.0 Å². The number of hydrogen-bond donors (Lipinski definition) is 1. The van der Waals surface area contributed by atoms with Crippen LogP contribution in [-0.2, 0) is 11.3 Å². The number of carbonyl (C=O) groups is 1. The molecule has 160 valence electrons. The van der Waals surface area contributed by atoms with Crippen molar-refractivity contribution in [2.24, 2.45) is 0 Å². The number of para-hydroxylation sites is 1. The highest BCUT2D eigenvalue weighted by atomic mass is 16.5. The van der Waals surface area contributed by atoms with Crippen LogP contribution in [0, 0.1) is 0 Å². The van der Waals surface area contributed by atoms with Crippen LogP contribution in [0.3, 0.4) is 0 Å². The van der Waals surface area contributed by atoms with Gasteiger partial charge >= 0.3 is 0 Å². The van der Waals surface area contributed by atoms with Crippen LogP contribution in [0.2, 0.25) is 0 Å². The van der Waals surface area contributed by atoms with Crippen molar-refractivity contribution in [1.82, 2.24) is 15.1 Å². The molecular weight excluding hydrogens is 376 g/mol. The lowest BCUT2D eigenvalue weighted by molar-refractivity contribution is 0.0342. The Morgan fingerprint density at radius 3 is 2.40 bits per heavy atom. The van der Waals surface area contributed by atoms with E-state index in [9.17, 15) is 4.79 Å². The van der Waals surface area contributed by atoms with Crippen LogP contribution in [-0.4, -0.2) is 81.3 Å². The van der Waals surface area contributed by atoms with E-state index in [0.717, 1.165) is 71.1 Å². The molecule has 0 bridgehead atoms. The highest BCUT2D eigenvalue weighted by Gasteiger charge is 2.17. The van der Waals surface area contributed by atoms with Crippen molar-refractivity contribution in [3.05, 3.63) is 65.7 Å². The molecule has 6 nitrogen and oxygen atoms in total. The lowest BCUT2D eigenvalue weighted by Gasteiger charge is -2.36. The average molecular weight is 409 g/mol. The molecule has 0 atom stereocenters. The summed E-state index contributed by atoms with van der Waals surface area (Å²) in [5, 5.41) is 3.09. The molecule has 2 aliphatic rings. The molecule has 0 spiro atoms. The van der Waals surface area contributed by atoms with Crippen LogP contribution in [0.5, 0.6) is 0 Å². The van der Waals surface area contributed by atoms with E-state index >= 15 is 0 Å². The lowest BCUT2D eigenvalue weighted by Crippen LogP contribution is -2.48. The Hall–Kier alpha value is -2.41. The molecular formula is C24H32N4O2. The molecule has 0 radical (unpaired) electrons. The Morgan fingerprint density at radius 1 is 0.867 bits per heavy atom. The quantitative estimate of drug-likeness (QED) is 0.760. The molecule has 1 N–H and O–H groups in total. The van der Waals surface area contributed by atoms with Crippen molar-refractivity contribution in [2.45, 2.75) is 6.54 Å². The topological polar surface area (TPSA) is 48.1 Å². The monoisotopic (exact) mass is 408 g/mol. The van der Waals surface area contributed by atoms with Gasteiger partial charge in [0.15, 0.2) is 0 Å². The Morgan fingerprint density at radius 2 is 1.63 bits per heavy atom. The van der Waals surface area contributed by atoms with Crippen LogP contribution in [0.4, 0.5) is 5.69 Å². The van der Waals surface area contributed by atoms with Gasteiger partial charge in [0.1, 0.15) is 0 Å². The lowest BCUT2D eigenvalue weighted by atomic mass is 10.1. The van der Waals surface area contributed by atoms with E-state index in [1.165, 1.54) is 11.3 Å². The first-order valence-electron chi connectivity index (χ1n) is 11.0. The predicted molar refractivity (Wildman–Crippen MR) is 120 cm³/mol. The number of morpholine rings is 1. The normalized spacial score (nSPS) is 18.3. The largest absolute Gasteiger partial charge is 0.379 e. The standard InChI is InChI=1S/C24H32N4O2/c29-24(22-6-4-5-21(19-22)20-27-15-17-30-18-16-27)25-9-10-26-11-13-28(14-12-26)23-7-2-1-3-8-23/h1-8,19H,9-18,20H2,(H,25,29). The van der Waals surface area contributed by atoms with Gasteiger partial charge in [0, 0.05) is 70.2 Å². The summed E-state index contributed by atoms with van der Waals surface area (Å²) in [6.07, 6.45) is 0. The fourth-order valence-corrected chi connectivity index (χ4v) is 4.13. The second-order valence-electron chi connectivity index (χ2n) is 8.01. The minimum atomic E-state index is 0.0155. The number of piperazine rings is 1. The van der Waals surface area contributed by atoms with E-state index in [-0.39, 0.29) is 5.91 Å². The summed E-state index contributed by atoms with van der Waals surface area (Å²) < 4.78 is 5.41. The summed E-state index contributed by atoms with van der Waals surface area (Å²) in [6.45, 7) is 10.0. The maximum absolute atomic E-state index is 12.6. The molecule has 4 rings (SSSR count). The Labute approximate surface area is 179 Å². The third kappa shape index (κ3) is 5.81. The Kier molecular flexibility index (Phi) is 7.34. The molecule has 2 aromatic rings. The summed E-state index contributed by atoms with van der Waals surface area (Å²) in [5.74, 6) is 0.0155. The third-order valence-corrected chi connectivity index (χ3v) is 5.91. The number of benzene rings is 2. The van der Waals surface area contributed by atoms with Gasteiger partial charge in [-0.25, -0.2) is 0 Å². The molecule has 0 aromatic heterocycles. The van der Waals surface area contributed by atoms with Crippen molar-refractivity contribution in [2.75, 3.05) is 70.5 Å². The average Bonchev–Trinajstić information content (AvgIpc) is 2.81. The molecule has 2 aromatic carbocycles. The van der Waals surface area contributed by atoms with Crippen molar-refractivity contribution in [3.63, 3.8) is 0 Å². The second-order valence-corrected chi connectivity index (χ2v) is 8.01. The van der Waals surface area contributed by atoms with Crippen LogP contribution >= 0.6 is 0 Å². The van der Waals surface area contributed by atoms with Gasteiger partial charge in [-0.3, -0.25) is 14.6 Å². The molecule has 2 fully saturated rings. The number of nitrogens with zero attached hydrogens (tertiary/aromatic N) is 3. The smallest absolute Gasteiger partial charge is 0.251 e. The number of hydrogen-bond acceptors (Lipinski definition) is 5. The van der Waals surface area contributed by atoms with E-state index in [1.807, 2.05) is 18.2 Å². The summed E-state index contributed by atoms with van der Waals surface area (Å²) >= 11 is 0. The number of ether oxygens (including phenoxy) is 1. The van der Waals surface area contributed by atoms with E-state index in [0.29, 0.717) is 6.54 Å². The molecule has 30 heavy (non-hydrogen) atoms. The number of rotatable bonds is 7. The molecule has 0 saturated carbocycles. The summed E-state index contributed by atoms with van der Waals surface area (Å²) in [6, 6.07) is 18.6. The maximum atomic E-state index is 12.6. The minimum absolute atomic E-state index is 0.0155. The van der Waals surface area contributed by atoms with E-state index in [4.69, 9.17) is 4.74 Å². The highest BCUT2D eigenvalue weighted by molar-refractivity contribution is 5.94. The first kappa shape index (κ1) is 20.8. The second kappa shape index (κ2) is 10.6. The Balaban J connectivity index is 1.19. The van der Waals surface area contributed by atoms with Gasteiger partial charge in [-0.2, -0.15) is 0 Å². The molecule has 2 heterocycles. The number of amides is 1. The van der Waals surface area contributed by atoms with E-state index in [1.54, 1.807) is 0 Å². The zero-order valence-electron chi connectivity index (χ0n) is 17.6. The molecule has 6 heteroatoms. The van der Waals surface area contributed by atoms with Crippen LogP contribution in [0.15, 0.2) is 54.6 Å². The number of nitrogens with one attached hydrogen (secondary N) is 1. The van der Waals surface area contributed by atoms with Crippen molar-refractivity contribution < 1.29 is 9.53 Å². The zero-order valence-corrected chi connectivity index (χ0v) is 17.6. The zero-order chi connectivity index (χ0) is 20.6. The summed E-state index contributed by atoms with van der Waals surface area (Å²) in [4.78, 5) is 19.8. The first-order chi connectivity index (χ1) is 14.8. The fraction of sp³-hybridized carbons (Fsp3) is 0.458. The van der Waals surface area contributed by atoms with E-state index in [2.05, 4.69) is 56.4 Å². The van der Waals surface area contributed by atoms with Crippen LogP contribution in [0.25, 0.3) is 0 Å². The van der Waals surface area contributed by atoms with Crippen LogP contribution < -0.4 is 10.2 Å². The summed E-state index contributed by atoms with van der Waals surface area (Å²) in [7, 11) is 0. The minimum Gasteiger partial charge on any atom is -0.379 e. The van der Waals surface area contributed by atoms with Crippen LogP contribution in [0.1, 0.15) is 15.9 Å². The third-order valence-electron chi connectivity index (χ3n) is 5.91. The highest BCUT2D eigenvalue weighted by Crippen LogP contribution is 2.15. The van der Waals surface area contributed by atoms with Gasteiger partial charge in [0.2, 0.25) is 0 Å². The van der Waals surface area contributed by atoms with Crippen molar-refractivity contribution in [1.29, 1.82) is 0 Å². The molecule has 1 amide bonds. The molecule has 2 saturated heterocycles. The van der Waals surface area contributed by atoms with Gasteiger partial charge in [0.05, 0.1) is 13.2 Å². The maximum Gasteiger partial charge on any atom is 0.251 e. The van der Waals surface area contributed by atoms with Crippen molar-refractivity contribution >= 4 is 11.6 Å². The van der Waals surface area contributed by atoms with Gasteiger partial charge in [-0.05, 0) is 29.8 Å². The number of anilines is 1. The number of carbonyl (C=O) groups excluding carboxylic acids is 1. The van der Waals surface area contributed by atoms with E-state index < -0.39 is 0 Å². The predicted octanol–water partition coefficient (Wildman–Crippen LogP) is 2.07.